The SMILES string of the molecule is CC(=O)N1CCC([C@@H](Cc2cc(F)c(F)cc2F)NC(=O)OC(C)(C)C)CC1. The summed E-state index contributed by atoms with van der Waals surface area (Å²) in [7, 11) is 0. The second-order valence-electron chi connectivity index (χ2n) is 8.16. The molecule has 0 bridgehead atoms. The first-order chi connectivity index (χ1) is 13.0. The van der Waals surface area contributed by atoms with Crippen molar-refractivity contribution in [3.63, 3.8) is 0 Å². The fourth-order valence-corrected chi connectivity index (χ4v) is 3.37. The van der Waals surface area contributed by atoms with Crippen LogP contribution in [0.3, 0.4) is 0 Å². The van der Waals surface area contributed by atoms with Crippen LogP contribution in [-0.4, -0.2) is 41.6 Å². The number of nitrogens with one attached hydrogen (secondary N) is 1. The van der Waals surface area contributed by atoms with Crippen LogP contribution in [0.15, 0.2) is 12.1 Å². The van der Waals surface area contributed by atoms with E-state index in [2.05, 4.69) is 5.32 Å². The quantitative estimate of drug-likeness (QED) is 0.783. The standard InChI is InChI=1S/C20H27F3N2O3/c1-12(26)25-7-5-13(6-8-25)18(24-19(27)28-20(2,3)4)10-14-9-16(22)17(23)11-15(14)21/h9,11,13,18H,5-8,10H2,1-4H3,(H,24,27)/t18-/m1/s1. The monoisotopic (exact) mass is 400 g/mol. The molecule has 0 spiro atoms. The number of carbonyl (C=O) groups excluding carboxylic acids is 2. The van der Waals surface area contributed by atoms with Gasteiger partial charge in [-0.05, 0) is 57.6 Å². The van der Waals surface area contributed by atoms with Gasteiger partial charge in [0, 0.05) is 32.1 Å². The minimum Gasteiger partial charge on any atom is -0.444 e. The van der Waals surface area contributed by atoms with E-state index in [1.807, 2.05) is 0 Å². The molecule has 156 valence electrons. The summed E-state index contributed by atoms with van der Waals surface area (Å²) in [5.41, 5.74) is -0.728. The molecule has 0 radical (unpaired) electrons. The Morgan fingerprint density at radius 1 is 1.14 bits per heavy atom. The molecule has 1 saturated heterocycles. The molecule has 1 aromatic carbocycles. The summed E-state index contributed by atoms with van der Waals surface area (Å²) in [6.45, 7) is 7.71. The molecule has 0 unspecified atom stereocenters. The molecule has 28 heavy (non-hydrogen) atoms. The van der Waals surface area contributed by atoms with Crippen molar-refractivity contribution in [1.29, 1.82) is 0 Å². The molecule has 0 saturated carbocycles. The van der Waals surface area contributed by atoms with Crippen molar-refractivity contribution in [1.82, 2.24) is 10.2 Å². The summed E-state index contributed by atoms with van der Waals surface area (Å²) in [5.74, 6) is -3.35. The normalized spacial score (nSPS) is 16.6. The minimum absolute atomic E-state index is 0.00693. The number of halogens is 3. The van der Waals surface area contributed by atoms with E-state index < -0.39 is 35.2 Å². The maximum atomic E-state index is 14.1. The van der Waals surface area contributed by atoms with Gasteiger partial charge in [-0.3, -0.25) is 4.79 Å². The Morgan fingerprint density at radius 3 is 2.25 bits per heavy atom. The van der Waals surface area contributed by atoms with Gasteiger partial charge in [-0.1, -0.05) is 0 Å². The summed E-state index contributed by atoms with van der Waals surface area (Å²) >= 11 is 0. The molecule has 2 rings (SSSR count). The van der Waals surface area contributed by atoms with Crippen LogP contribution in [0, 0.1) is 23.4 Å². The number of benzene rings is 1. The number of nitrogens with zero attached hydrogens (tertiary/aromatic N) is 1. The van der Waals surface area contributed by atoms with Crippen LogP contribution in [-0.2, 0) is 16.0 Å². The molecular formula is C20H27F3N2O3. The number of likely N-dealkylation sites (tertiary alicyclic amines) is 1. The zero-order valence-electron chi connectivity index (χ0n) is 16.7. The topological polar surface area (TPSA) is 58.6 Å². The van der Waals surface area contributed by atoms with Gasteiger partial charge in [0.25, 0.3) is 0 Å². The Balaban J connectivity index is 2.18. The van der Waals surface area contributed by atoms with Crippen molar-refractivity contribution in [2.24, 2.45) is 5.92 Å². The Labute approximate surface area is 163 Å². The summed E-state index contributed by atoms with van der Waals surface area (Å²) in [6.07, 6.45) is 0.540. The Hall–Kier alpha value is -2.25. The molecule has 0 aromatic heterocycles. The van der Waals surface area contributed by atoms with Crippen molar-refractivity contribution in [2.45, 2.75) is 58.6 Å². The fraction of sp³-hybridized carbons (Fsp3) is 0.600. The van der Waals surface area contributed by atoms with Gasteiger partial charge in [-0.25, -0.2) is 18.0 Å². The summed E-state index contributed by atoms with van der Waals surface area (Å²) < 4.78 is 46.2. The van der Waals surface area contributed by atoms with E-state index in [1.165, 1.54) is 6.92 Å². The summed E-state index contributed by atoms with van der Waals surface area (Å²) in [6, 6.07) is 0.787. The molecule has 1 atom stereocenters. The lowest BCUT2D eigenvalue weighted by Gasteiger charge is -2.36. The first-order valence-corrected chi connectivity index (χ1v) is 9.34. The number of piperidine rings is 1. The van der Waals surface area contributed by atoms with Crippen molar-refractivity contribution >= 4 is 12.0 Å². The molecule has 1 aromatic rings. The van der Waals surface area contributed by atoms with E-state index in [-0.39, 0.29) is 23.8 Å². The third-order valence-electron chi connectivity index (χ3n) is 4.79. The number of hydrogen-bond acceptors (Lipinski definition) is 3. The average Bonchev–Trinajstić information content (AvgIpc) is 2.57. The van der Waals surface area contributed by atoms with E-state index in [0.29, 0.717) is 32.0 Å². The van der Waals surface area contributed by atoms with Crippen LogP contribution in [0.2, 0.25) is 0 Å². The van der Waals surface area contributed by atoms with Gasteiger partial charge in [-0.15, -0.1) is 0 Å². The molecule has 5 nitrogen and oxygen atoms in total. The molecule has 1 aliphatic rings. The summed E-state index contributed by atoms with van der Waals surface area (Å²) in [5, 5.41) is 2.75. The molecule has 8 heteroatoms. The highest BCUT2D eigenvalue weighted by atomic mass is 19.2. The number of hydrogen-bond donors (Lipinski definition) is 1. The fourth-order valence-electron chi connectivity index (χ4n) is 3.37. The average molecular weight is 400 g/mol. The maximum Gasteiger partial charge on any atom is 0.407 e. The molecule has 1 aliphatic heterocycles. The molecule has 1 fully saturated rings. The minimum atomic E-state index is -1.26. The van der Waals surface area contributed by atoms with Crippen molar-refractivity contribution in [2.75, 3.05) is 13.1 Å². The zero-order valence-corrected chi connectivity index (χ0v) is 16.7. The van der Waals surface area contributed by atoms with Gasteiger partial charge in [-0.2, -0.15) is 0 Å². The first-order valence-electron chi connectivity index (χ1n) is 9.34. The van der Waals surface area contributed by atoms with Crippen LogP contribution in [0.1, 0.15) is 46.1 Å². The van der Waals surface area contributed by atoms with Gasteiger partial charge >= 0.3 is 6.09 Å². The Morgan fingerprint density at radius 2 is 1.71 bits per heavy atom. The molecule has 1 N–H and O–H groups in total. The van der Waals surface area contributed by atoms with E-state index in [9.17, 15) is 22.8 Å². The van der Waals surface area contributed by atoms with Crippen LogP contribution in [0.5, 0.6) is 0 Å². The lowest BCUT2D eigenvalue weighted by Crippen LogP contribution is -2.48. The van der Waals surface area contributed by atoms with Gasteiger partial charge in [0.05, 0.1) is 0 Å². The van der Waals surface area contributed by atoms with Crippen LogP contribution in [0.4, 0.5) is 18.0 Å². The van der Waals surface area contributed by atoms with E-state index in [0.717, 1.165) is 6.07 Å². The molecular weight excluding hydrogens is 373 g/mol. The predicted octanol–water partition coefficient (Wildman–Crippen LogP) is 3.80. The lowest BCUT2D eigenvalue weighted by molar-refractivity contribution is -0.130. The Bertz CT molecular complexity index is 726. The number of alkyl carbamates (subject to hydrolysis) is 1. The smallest absolute Gasteiger partial charge is 0.407 e. The maximum absolute atomic E-state index is 14.1. The summed E-state index contributed by atoms with van der Waals surface area (Å²) in [4.78, 5) is 25.5. The first kappa shape index (κ1) is 22.0. The van der Waals surface area contributed by atoms with Crippen LogP contribution in [0.25, 0.3) is 0 Å². The number of ether oxygens (including phenoxy) is 1. The largest absolute Gasteiger partial charge is 0.444 e. The van der Waals surface area contributed by atoms with Crippen LogP contribution < -0.4 is 5.32 Å². The lowest BCUT2D eigenvalue weighted by atomic mass is 9.85. The Kier molecular flexibility index (Phi) is 6.96. The predicted molar refractivity (Wildman–Crippen MR) is 98.2 cm³/mol. The van der Waals surface area contributed by atoms with Crippen molar-refractivity contribution in [3.8, 4) is 0 Å². The van der Waals surface area contributed by atoms with Crippen LogP contribution >= 0.6 is 0 Å². The van der Waals surface area contributed by atoms with Gasteiger partial charge < -0.3 is 15.0 Å². The van der Waals surface area contributed by atoms with Crippen molar-refractivity contribution < 1.29 is 27.5 Å². The van der Waals surface area contributed by atoms with Gasteiger partial charge in [0.2, 0.25) is 5.91 Å². The van der Waals surface area contributed by atoms with Gasteiger partial charge in [0.15, 0.2) is 11.6 Å². The third kappa shape index (κ3) is 6.14. The third-order valence-corrected chi connectivity index (χ3v) is 4.79. The molecule has 0 aliphatic carbocycles. The number of amides is 2. The second kappa shape index (κ2) is 8.84. The van der Waals surface area contributed by atoms with E-state index in [1.54, 1.807) is 25.7 Å². The number of rotatable bonds is 4. The number of carbonyl (C=O) groups is 2. The highest BCUT2D eigenvalue weighted by molar-refractivity contribution is 5.73. The van der Waals surface area contributed by atoms with Crippen molar-refractivity contribution in [3.05, 3.63) is 35.1 Å². The van der Waals surface area contributed by atoms with E-state index >= 15 is 0 Å². The highest BCUT2D eigenvalue weighted by Crippen LogP contribution is 2.25. The molecule has 2 amide bonds. The highest BCUT2D eigenvalue weighted by Gasteiger charge is 2.31. The zero-order chi connectivity index (χ0) is 21.1. The van der Waals surface area contributed by atoms with Gasteiger partial charge in [0.1, 0.15) is 11.4 Å². The van der Waals surface area contributed by atoms with E-state index in [4.69, 9.17) is 4.74 Å². The second-order valence-corrected chi connectivity index (χ2v) is 8.16. The molecule has 1 heterocycles.